The largest absolute Gasteiger partial charge is 0.355 e. The van der Waals surface area contributed by atoms with Crippen molar-refractivity contribution in [2.24, 2.45) is 4.99 Å². The van der Waals surface area contributed by atoms with Crippen LogP contribution in [0.4, 0.5) is 0 Å². The van der Waals surface area contributed by atoms with Crippen LogP contribution in [0.15, 0.2) is 46.4 Å². The van der Waals surface area contributed by atoms with Crippen molar-refractivity contribution in [2.45, 2.75) is 36.0 Å². The Hall–Kier alpha value is -1.53. The molecule has 0 atom stereocenters. The van der Waals surface area contributed by atoms with Crippen LogP contribution in [0, 0.1) is 6.92 Å². The molecular formula is C17H22N4S2. The van der Waals surface area contributed by atoms with Gasteiger partial charge in [0.2, 0.25) is 0 Å². The number of benzene rings is 1. The lowest BCUT2D eigenvalue weighted by Crippen LogP contribution is -2.40. The number of rotatable bonds is 6. The molecule has 1 aliphatic rings. The number of aliphatic imine (C=N–C) groups is 1. The number of hydrogen-bond acceptors (Lipinski definition) is 4. The Labute approximate surface area is 145 Å². The van der Waals surface area contributed by atoms with Crippen LogP contribution in [0.5, 0.6) is 0 Å². The predicted molar refractivity (Wildman–Crippen MR) is 99.3 cm³/mol. The summed E-state index contributed by atoms with van der Waals surface area (Å²) in [6, 6.07) is 10.6. The molecular weight excluding hydrogens is 324 g/mol. The van der Waals surface area contributed by atoms with Gasteiger partial charge in [-0.1, -0.05) is 18.2 Å². The number of guanidine groups is 1. The predicted octanol–water partition coefficient (Wildman–Crippen LogP) is 3.44. The number of nitrogens with one attached hydrogen (secondary N) is 2. The van der Waals surface area contributed by atoms with E-state index in [9.17, 15) is 0 Å². The Balaban J connectivity index is 1.48. The first-order chi connectivity index (χ1) is 11.2. The van der Waals surface area contributed by atoms with Gasteiger partial charge in [-0.05, 0) is 31.9 Å². The maximum absolute atomic E-state index is 4.32. The fraction of sp³-hybridized carbons (Fsp3) is 0.412. The zero-order valence-corrected chi connectivity index (χ0v) is 15.1. The molecule has 6 heteroatoms. The highest BCUT2D eigenvalue weighted by Gasteiger charge is 2.43. The van der Waals surface area contributed by atoms with E-state index >= 15 is 0 Å². The number of thiazole rings is 1. The molecule has 1 aromatic heterocycles. The molecule has 4 nitrogen and oxygen atoms in total. The highest BCUT2D eigenvalue weighted by molar-refractivity contribution is 8.01. The van der Waals surface area contributed by atoms with Gasteiger partial charge in [0.1, 0.15) is 0 Å². The first-order valence-corrected chi connectivity index (χ1v) is 9.42. The van der Waals surface area contributed by atoms with E-state index in [1.165, 1.54) is 22.6 Å². The third kappa shape index (κ3) is 4.72. The van der Waals surface area contributed by atoms with Crippen LogP contribution in [-0.2, 0) is 6.54 Å². The summed E-state index contributed by atoms with van der Waals surface area (Å²) in [5.41, 5.74) is 0. The van der Waals surface area contributed by atoms with E-state index < -0.39 is 0 Å². The third-order valence-electron chi connectivity index (χ3n) is 3.79. The fourth-order valence-electron chi connectivity index (χ4n) is 2.32. The Morgan fingerprint density at radius 3 is 2.70 bits per heavy atom. The molecule has 0 amide bonds. The van der Waals surface area contributed by atoms with E-state index in [4.69, 9.17) is 0 Å². The van der Waals surface area contributed by atoms with E-state index in [-0.39, 0.29) is 0 Å². The second-order valence-corrected chi connectivity index (χ2v) is 8.58. The standard InChI is InChI=1S/C17H22N4S2/c1-13-19-10-15(22-13)11-20-16(18-2)21-12-17(8-9-17)23-14-6-4-3-5-7-14/h3-7,10H,8-9,11-12H2,1-2H3,(H2,18,20,21). The van der Waals surface area contributed by atoms with Crippen molar-refractivity contribution in [3.8, 4) is 0 Å². The van der Waals surface area contributed by atoms with Crippen molar-refractivity contribution in [1.29, 1.82) is 0 Å². The summed E-state index contributed by atoms with van der Waals surface area (Å²) in [7, 11) is 1.82. The molecule has 3 rings (SSSR count). The van der Waals surface area contributed by atoms with Gasteiger partial charge in [0.15, 0.2) is 5.96 Å². The average Bonchev–Trinajstić information content (AvgIpc) is 3.20. The van der Waals surface area contributed by atoms with Crippen LogP contribution in [0.1, 0.15) is 22.7 Å². The van der Waals surface area contributed by atoms with Crippen LogP contribution in [0.25, 0.3) is 0 Å². The van der Waals surface area contributed by atoms with Gasteiger partial charge in [-0.25, -0.2) is 4.98 Å². The number of thioether (sulfide) groups is 1. The zero-order chi connectivity index (χ0) is 16.1. The summed E-state index contributed by atoms with van der Waals surface area (Å²) in [5, 5.41) is 7.93. The molecule has 2 N–H and O–H groups in total. The second-order valence-electron chi connectivity index (χ2n) is 5.72. The molecule has 1 heterocycles. The maximum atomic E-state index is 4.32. The van der Waals surface area contributed by atoms with Gasteiger partial charge >= 0.3 is 0 Å². The minimum atomic E-state index is 0.319. The van der Waals surface area contributed by atoms with Gasteiger partial charge in [0.25, 0.3) is 0 Å². The van der Waals surface area contributed by atoms with Crippen molar-refractivity contribution in [3.63, 3.8) is 0 Å². The molecule has 122 valence electrons. The molecule has 1 saturated carbocycles. The van der Waals surface area contributed by atoms with Gasteiger partial charge in [-0.15, -0.1) is 23.1 Å². The fourth-order valence-corrected chi connectivity index (χ4v) is 4.29. The van der Waals surface area contributed by atoms with Crippen molar-refractivity contribution in [2.75, 3.05) is 13.6 Å². The number of nitrogens with zero attached hydrogens (tertiary/aromatic N) is 2. The molecule has 0 aliphatic heterocycles. The van der Waals surface area contributed by atoms with Gasteiger partial charge in [0.05, 0.1) is 11.6 Å². The molecule has 23 heavy (non-hydrogen) atoms. The first-order valence-electron chi connectivity index (χ1n) is 7.79. The Morgan fingerprint density at radius 2 is 2.09 bits per heavy atom. The molecule has 1 aromatic carbocycles. The molecule has 1 aliphatic carbocycles. The Bertz CT molecular complexity index is 662. The lowest BCUT2D eigenvalue weighted by Gasteiger charge is -2.18. The smallest absolute Gasteiger partial charge is 0.191 e. The van der Waals surface area contributed by atoms with E-state index in [2.05, 4.69) is 50.9 Å². The van der Waals surface area contributed by atoms with Crippen molar-refractivity contribution >= 4 is 29.1 Å². The summed E-state index contributed by atoms with van der Waals surface area (Å²) in [6.07, 6.45) is 4.43. The molecule has 0 unspecified atom stereocenters. The third-order valence-corrected chi connectivity index (χ3v) is 6.19. The number of aromatic nitrogens is 1. The first kappa shape index (κ1) is 16.3. The zero-order valence-electron chi connectivity index (χ0n) is 13.5. The van der Waals surface area contributed by atoms with Crippen molar-refractivity contribution in [3.05, 3.63) is 46.4 Å². The normalized spacial score (nSPS) is 16.2. The number of aryl methyl sites for hydroxylation is 1. The molecule has 0 bridgehead atoms. The van der Waals surface area contributed by atoms with Crippen molar-refractivity contribution in [1.82, 2.24) is 15.6 Å². The minimum Gasteiger partial charge on any atom is -0.355 e. The van der Waals surface area contributed by atoms with Crippen LogP contribution in [0.2, 0.25) is 0 Å². The highest BCUT2D eigenvalue weighted by Crippen LogP contribution is 2.51. The number of hydrogen-bond donors (Lipinski definition) is 2. The van der Waals surface area contributed by atoms with Gasteiger partial charge in [-0.3, -0.25) is 4.99 Å². The molecule has 0 spiro atoms. The van der Waals surface area contributed by atoms with Gasteiger partial charge < -0.3 is 10.6 Å². The van der Waals surface area contributed by atoms with Crippen LogP contribution in [0.3, 0.4) is 0 Å². The van der Waals surface area contributed by atoms with Crippen molar-refractivity contribution < 1.29 is 0 Å². The average molecular weight is 347 g/mol. The monoisotopic (exact) mass is 346 g/mol. The van der Waals surface area contributed by atoms with E-state index in [0.717, 1.165) is 24.1 Å². The van der Waals surface area contributed by atoms with Crippen LogP contribution in [-0.4, -0.2) is 29.3 Å². The van der Waals surface area contributed by atoms with Crippen LogP contribution < -0.4 is 10.6 Å². The van der Waals surface area contributed by atoms with Gasteiger partial charge in [0, 0.05) is 34.3 Å². The van der Waals surface area contributed by atoms with Gasteiger partial charge in [-0.2, -0.15) is 0 Å². The second kappa shape index (κ2) is 7.36. The summed E-state index contributed by atoms with van der Waals surface area (Å²) < 4.78 is 0.319. The molecule has 2 aromatic rings. The lowest BCUT2D eigenvalue weighted by atomic mass is 10.4. The van der Waals surface area contributed by atoms with Crippen LogP contribution >= 0.6 is 23.1 Å². The summed E-state index contributed by atoms with van der Waals surface area (Å²) in [6.45, 7) is 3.73. The minimum absolute atomic E-state index is 0.319. The molecule has 0 radical (unpaired) electrons. The highest BCUT2D eigenvalue weighted by atomic mass is 32.2. The molecule has 0 saturated heterocycles. The topological polar surface area (TPSA) is 49.3 Å². The van der Waals surface area contributed by atoms with E-state index in [0.29, 0.717) is 4.75 Å². The molecule has 1 fully saturated rings. The maximum Gasteiger partial charge on any atom is 0.191 e. The summed E-state index contributed by atoms with van der Waals surface area (Å²) >= 11 is 3.69. The lowest BCUT2D eigenvalue weighted by molar-refractivity contribution is 0.769. The summed E-state index contributed by atoms with van der Waals surface area (Å²) in [4.78, 5) is 11.2. The summed E-state index contributed by atoms with van der Waals surface area (Å²) in [5.74, 6) is 0.857. The quantitative estimate of drug-likeness (QED) is 0.621. The SMILES string of the molecule is CN=C(NCc1cnc(C)s1)NCC1(Sc2ccccc2)CC1. The Morgan fingerprint density at radius 1 is 1.30 bits per heavy atom. The van der Waals surface area contributed by atoms with E-state index in [1.54, 1.807) is 11.3 Å². The Kier molecular flexibility index (Phi) is 5.23. The van der Waals surface area contributed by atoms with E-state index in [1.807, 2.05) is 31.9 Å².